The molecule has 0 spiro atoms. The molecule has 2 aromatic rings. The van der Waals surface area contributed by atoms with Crippen molar-refractivity contribution in [1.29, 1.82) is 0 Å². The highest BCUT2D eigenvalue weighted by molar-refractivity contribution is 5.98. The molecule has 2 N–H and O–H groups in total. The second-order valence-corrected chi connectivity index (χ2v) is 8.96. The third-order valence-corrected chi connectivity index (χ3v) is 5.66. The van der Waals surface area contributed by atoms with E-state index in [4.69, 9.17) is 4.74 Å². The van der Waals surface area contributed by atoms with Crippen molar-refractivity contribution in [2.24, 2.45) is 5.92 Å². The Labute approximate surface area is 197 Å². The van der Waals surface area contributed by atoms with Crippen LogP contribution in [0, 0.1) is 23.4 Å². The highest BCUT2D eigenvalue weighted by atomic mass is 19.1. The number of nitrogens with zero attached hydrogens (tertiary/aromatic N) is 1. The smallest absolute Gasteiger partial charge is 0.257 e. The van der Waals surface area contributed by atoms with Crippen molar-refractivity contribution in [1.82, 2.24) is 10.6 Å². The number of halogens is 3. The van der Waals surface area contributed by atoms with E-state index in [1.807, 2.05) is 18.7 Å². The number of nitrogens with one attached hydrogen (secondary N) is 2. The fraction of sp³-hybridized carbons (Fsp3) is 0.440. The second-order valence-electron chi connectivity index (χ2n) is 8.96. The molecule has 2 unspecified atom stereocenters. The van der Waals surface area contributed by atoms with E-state index in [9.17, 15) is 22.8 Å². The van der Waals surface area contributed by atoms with E-state index in [2.05, 4.69) is 10.6 Å². The Hall–Kier alpha value is -3.07. The topological polar surface area (TPSA) is 70.7 Å². The Bertz CT molecular complexity index is 1020. The molecule has 1 aliphatic rings. The van der Waals surface area contributed by atoms with Crippen LogP contribution >= 0.6 is 0 Å². The van der Waals surface area contributed by atoms with Crippen molar-refractivity contribution < 1.29 is 27.5 Å². The van der Waals surface area contributed by atoms with Crippen LogP contribution in [0.1, 0.15) is 43.6 Å². The van der Waals surface area contributed by atoms with Gasteiger partial charge in [-0.05, 0) is 49.6 Å². The molecule has 0 aromatic heterocycles. The van der Waals surface area contributed by atoms with Gasteiger partial charge in [0.15, 0.2) is 0 Å². The molecule has 1 aliphatic heterocycles. The number of carbonyl (C=O) groups is 2. The van der Waals surface area contributed by atoms with Gasteiger partial charge in [-0.3, -0.25) is 9.59 Å². The molecule has 2 amide bonds. The van der Waals surface area contributed by atoms with Crippen molar-refractivity contribution in [3.05, 3.63) is 65.0 Å². The first-order valence-electron chi connectivity index (χ1n) is 11.3. The van der Waals surface area contributed by atoms with Gasteiger partial charge in [-0.1, -0.05) is 26.0 Å². The maximum absolute atomic E-state index is 14.8. The van der Waals surface area contributed by atoms with E-state index in [1.165, 1.54) is 6.07 Å². The summed E-state index contributed by atoms with van der Waals surface area (Å²) in [4.78, 5) is 27.1. The molecule has 6 nitrogen and oxygen atoms in total. The van der Waals surface area contributed by atoms with Gasteiger partial charge in [-0.2, -0.15) is 0 Å². The fourth-order valence-electron chi connectivity index (χ4n) is 4.05. The van der Waals surface area contributed by atoms with Gasteiger partial charge in [0.05, 0.1) is 17.9 Å². The molecule has 1 heterocycles. The SMILES string of the molecule is CC1CN(c2ccc(CNC(=O)[C@@H](NC(=O)c3c(F)cccc3F)C(C)C)cc2F)CC(C)O1. The van der Waals surface area contributed by atoms with E-state index in [-0.39, 0.29) is 24.7 Å². The number of benzene rings is 2. The summed E-state index contributed by atoms with van der Waals surface area (Å²) in [7, 11) is 0. The molecule has 3 atom stereocenters. The standard InChI is InChI=1S/C25H30F3N3O3/c1-14(2)23(30-24(32)22-18(26)6-5-7-19(22)27)25(33)29-11-17-8-9-21(20(28)10-17)31-12-15(3)34-16(4)13-31/h5-10,14-16,23H,11-13H2,1-4H3,(H,29,33)(H,30,32)/t15?,16?,23-/m0/s1. The number of hydrogen-bond acceptors (Lipinski definition) is 4. The van der Waals surface area contributed by atoms with Gasteiger partial charge in [-0.25, -0.2) is 13.2 Å². The Morgan fingerprint density at radius 1 is 1.03 bits per heavy atom. The number of rotatable bonds is 7. The number of anilines is 1. The van der Waals surface area contributed by atoms with E-state index in [1.54, 1.807) is 26.0 Å². The van der Waals surface area contributed by atoms with Gasteiger partial charge >= 0.3 is 0 Å². The van der Waals surface area contributed by atoms with Crippen molar-refractivity contribution >= 4 is 17.5 Å². The zero-order valence-electron chi connectivity index (χ0n) is 19.7. The Morgan fingerprint density at radius 3 is 2.21 bits per heavy atom. The molecule has 184 valence electrons. The van der Waals surface area contributed by atoms with Crippen LogP contribution in [0.4, 0.5) is 18.9 Å². The van der Waals surface area contributed by atoms with Crippen LogP contribution in [0.15, 0.2) is 36.4 Å². The first-order chi connectivity index (χ1) is 16.1. The molecule has 34 heavy (non-hydrogen) atoms. The van der Waals surface area contributed by atoms with E-state index < -0.39 is 40.9 Å². The first kappa shape index (κ1) is 25.6. The lowest BCUT2D eigenvalue weighted by molar-refractivity contribution is -0.124. The van der Waals surface area contributed by atoms with E-state index in [0.29, 0.717) is 24.3 Å². The minimum atomic E-state index is -1.04. The quantitative estimate of drug-likeness (QED) is 0.637. The molecule has 3 rings (SSSR count). The summed E-state index contributed by atoms with van der Waals surface area (Å²) in [5.74, 6) is -4.35. The number of amides is 2. The third kappa shape index (κ3) is 6.08. The summed E-state index contributed by atoms with van der Waals surface area (Å²) in [5.41, 5.74) is 0.264. The molecular weight excluding hydrogens is 447 g/mol. The molecule has 0 aliphatic carbocycles. The summed E-state index contributed by atoms with van der Waals surface area (Å²) < 4.78 is 48.4. The predicted octanol–water partition coefficient (Wildman–Crippen LogP) is 3.79. The minimum absolute atomic E-state index is 0.0110. The van der Waals surface area contributed by atoms with Crippen LogP contribution in [0.2, 0.25) is 0 Å². The predicted molar refractivity (Wildman–Crippen MR) is 123 cm³/mol. The first-order valence-corrected chi connectivity index (χ1v) is 11.3. The Kier molecular flexibility index (Phi) is 8.19. The molecule has 0 radical (unpaired) electrons. The van der Waals surface area contributed by atoms with Crippen LogP contribution in [-0.2, 0) is 16.1 Å². The van der Waals surface area contributed by atoms with Crippen molar-refractivity contribution in [2.75, 3.05) is 18.0 Å². The number of hydrogen-bond donors (Lipinski definition) is 2. The highest BCUT2D eigenvalue weighted by Crippen LogP contribution is 2.24. The Morgan fingerprint density at radius 2 is 1.65 bits per heavy atom. The lowest BCUT2D eigenvalue weighted by Crippen LogP contribution is -2.49. The van der Waals surface area contributed by atoms with Gasteiger partial charge in [0.2, 0.25) is 5.91 Å². The molecule has 1 saturated heterocycles. The molecule has 2 aromatic carbocycles. The van der Waals surface area contributed by atoms with Gasteiger partial charge in [-0.15, -0.1) is 0 Å². The van der Waals surface area contributed by atoms with Gasteiger partial charge < -0.3 is 20.3 Å². The zero-order valence-corrected chi connectivity index (χ0v) is 19.7. The maximum atomic E-state index is 14.8. The molecule has 0 bridgehead atoms. The number of carbonyl (C=O) groups excluding carboxylic acids is 2. The van der Waals surface area contributed by atoms with Gasteiger partial charge in [0.25, 0.3) is 5.91 Å². The normalized spacial score (nSPS) is 19.1. The third-order valence-electron chi connectivity index (χ3n) is 5.66. The lowest BCUT2D eigenvalue weighted by Gasteiger charge is -2.37. The molecule has 0 saturated carbocycles. The number of ether oxygens (including phenoxy) is 1. The maximum Gasteiger partial charge on any atom is 0.257 e. The lowest BCUT2D eigenvalue weighted by atomic mass is 10.0. The highest BCUT2D eigenvalue weighted by Gasteiger charge is 2.28. The summed E-state index contributed by atoms with van der Waals surface area (Å²) in [6, 6.07) is 6.81. The van der Waals surface area contributed by atoms with Gasteiger partial charge in [0, 0.05) is 19.6 Å². The van der Waals surface area contributed by atoms with Crippen LogP contribution in [-0.4, -0.2) is 43.2 Å². The van der Waals surface area contributed by atoms with Crippen molar-refractivity contribution in [3.8, 4) is 0 Å². The summed E-state index contributed by atoms with van der Waals surface area (Å²) >= 11 is 0. The average molecular weight is 478 g/mol. The van der Waals surface area contributed by atoms with Crippen LogP contribution in [0.3, 0.4) is 0 Å². The summed E-state index contributed by atoms with van der Waals surface area (Å²) in [6.45, 7) is 8.45. The average Bonchev–Trinajstić information content (AvgIpc) is 2.74. The largest absolute Gasteiger partial charge is 0.372 e. The number of morpholine rings is 1. The fourth-order valence-corrected chi connectivity index (χ4v) is 4.05. The van der Waals surface area contributed by atoms with Crippen LogP contribution in [0.5, 0.6) is 0 Å². The Balaban J connectivity index is 1.65. The second kappa shape index (κ2) is 10.9. The van der Waals surface area contributed by atoms with Crippen LogP contribution in [0.25, 0.3) is 0 Å². The minimum Gasteiger partial charge on any atom is -0.372 e. The molecular formula is C25H30F3N3O3. The van der Waals surface area contributed by atoms with Gasteiger partial charge in [0.1, 0.15) is 29.1 Å². The monoisotopic (exact) mass is 477 g/mol. The molecule has 1 fully saturated rings. The van der Waals surface area contributed by atoms with Crippen molar-refractivity contribution in [2.45, 2.75) is 52.5 Å². The van der Waals surface area contributed by atoms with Crippen LogP contribution < -0.4 is 15.5 Å². The van der Waals surface area contributed by atoms with E-state index in [0.717, 1.165) is 18.2 Å². The summed E-state index contributed by atoms with van der Waals surface area (Å²) in [6.07, 6.45) is -0.0220. The summed E-state index contributed by atoms with van der Waals surface area (Å²) in [5, 5.41) is 5.06. The van der Waals surface area contributed by atoms with E-state index >= 15 is 0 Å². The zero-order chi connectivity index (χ0) is 25.0. The van der Waals surface area contributed by atoms with Crippen molar-refractivity contribution in [3.63, 3.8) is 0 Å². The molecule has 9 heteroatoms.